The average Bonchev–Trinajstić information content (AvgIpc) is 1.55. The Morgan fingerprint density at radius 1 is 1.09 bits per heavy atom. The summed E-state index contributed by atoms with van der Waals surface area (Å²) in [4.78, 5) is 0. The van der Waals surface area contributed by atoms with Gasteiger partial charge in [-0.15, -0.1) is 8.72 Å². The Bertz CT molecular complexity index is 93.7. The maximum Gasteiger partial charge on any atom is 0.361 e. The van der Waals surface area contributed by atoms with Crippen molar-refractivity contribution in [3.63, 3.8) is 0 Å². The Hall–Kier alpha value is 0.983. The van der Waals surface area contributed by atoms with Gasteiger partial charge in [-0.05, 0) is 0 Å². The molecule has 0 bridgehead atoms. The zero-order chi connectivity index (χ0) is 9.12. The molecule has 0 aliphatic carbocycles. The largest absolute Gasteiger partial charge is 0.361 e. The molecule has 0 heterocycles. The van der Waals surface area contributed by atoms with Crippen molar-refractivity contribution in [1.82, 2.24) is 0 Å². The fourth-order valence-electron chi connectivity index (χ4n) is 1.15. The normalized spacial score (nSPS) is 12.9. The maximum absolute atomic E-state index is 2.49. The van der Waals surface area contributed by atoms with Crippen LogP contribution < -0.4 is 0 Å². The predicted octanol–water partition coefficient (Wildman–Crippen LogP) is 3.45. The summed E-state index contributed by atoms with van der Waals surface area (Å²) in [6.45, 7) is 14.6. The molecule has 0 amide bonds. The minimum Gasteiger partial charge on any atom is -0.150 e. The molecule has 0 saturated carbocycles. The lowest BCUT2D eigenvalue weighted by atomic mass is 10.0. The summed E-state index contributed by atoms with van der Waals surface area (Å²) in [7, 11) is -0.695. The molecule has 0 aromatic heterocycles. The van der Waals surface area contributed by atoms with E-state index < -0.39 is 8.07 Å². The van der Waals surface area contributed by atoms with Crippen LogP contribution in [-0.4, -0.2) is 28.4 Å². The van der Waals surface area contributed by atoms with Crippen molar-refractivity contribution in [2.75, 3.05) is 0 Å². The highest BCUT2D eigenvalue weighted by atomic mass is 28.3. The van der Waals surface area contributed by atoms with Gasteiger partial charge in [0.15, 0.2) is 0 Å². The highest BCUT2D eigenvalue weighted by Crippen LogP contribution is 2.20. The second-order valence-electron chi connectivity index (χ2n) is 5.97. The summed E-state index contributed by atoms with van der Waals surface area (Å²) in [5.74, 6) is 0. The molecular formula is C9H22MgSi. The first-order chi connectivity index (χ1) is 4.71. The Labute approximate surface area is 82.9 Å². The number of rotatable bonds is 3. The van der Waals surface area contributed by atoms with E-state index in [0.717, 1.165) is 0 Å². The fraction of sp³-hybridized carbons (Fsp3) is 1.00. The molecule has 0 aliphatic rings. The Morgan fingerprint density at radius 2 is 1.55 bits per heavy atom. The van der Waals surface area contributed by atoms with Crippen molar-refractivity contribution in [1.29, 1.82) is 0 Å². The van der Waals surface area contributed by atoms with Gasteiger partial charge in [-0.3, -0.25) is 0 Å². The quantitative estimate of drug-likeness (QED) is 0.587. The lowest BCUT2D eigenvalue weighted by Crippen LogP contribution is -2.23. The van der Waals surface area contributed by atoms with Gasteiger partial charge in [0.1, 0.15) is 0 Å². The van der Waals surface area contributed by atoms with Gasteiger partial charge in [0.2, 0.25) is 0 Å². The van der Waals surface area contributed by atoms with Crippen molar-refractivity contribution in [3.05, 3.63) is 0 Å². The summed E-state index contributed by atoms with van der Waals surface area (Å²) in [5.41, 5.74) is 0.603. The molecule has 0 aromatic carbocycles. The minimum atomic E-state index is -0.695. The number of hydrogen-bond acceptors (Lipinski definition) is 0. The lowest BCUT2D eigenvalue weighted by molar-refractivity contribution is 0.467. The van der Waals surface area contributed by atoms with E-state index in [0.29, 0.717) is 5.41 Å². The molecule has 0 unspecified atom stereocenters. The predicted molar refractivity (Wildman–Crippen MR) is 58.2 cm³/mol. The van der Waals surface area contributed by atoms with E-state index in [1.165, 1.54) is 4.55 Å². The summed E-state index contributed by atoms with van der Waals surface area (Å²) in [5, 5.41) is 0. The van der Waals surface area contributed by atoms with Crippen LogP contribution in [0, 0.1) is 5.41 Å². The van der Waals surface area contributed by atoms with Crippen LogP contribution in [0.15, 0.2) is 0 Å². The van der Waals surface area contributed by atoms with Gasteiger partial charge in [-0.25, -0.2) is 0 Å². The highest BCUT2D eigenvalue weighted by molar-refractivity contribution is 6.83. The van der Waals surface area contributed by atoms with E-state index in [1.54, 1.807) is 4.17 Å². The molecule has 0 spiro atoms. The summed E-state index contributed by atoms with van der Waals surface area (Å²) >= 11 is 0.265. The molecule has 0 radical (unpaired) electrons. The van der Waals surface area contributed by atoms with Gasteiger partial charge in [0.05, 0.1) is 0 Å². The van der Waals surface area contributed by atoms with Crippen LogP contribution in [0.1, 0.15) is 20.8 Å². The van der Waals surface area contributed by atoms with Crippen LogP contribution >= 0.6 is 0 Å². The van der Waals surface area contributed by atoms with Crippen molar-refractivity contribution in [3.8, 4) is 0 Å². The summed E-state index contributed by atoms with van der Waals surface area (Å²) in [6, 6.07) is 0. The second-order valence-corrected chi connectivity index (χ2v) is 14.3. The van der Waals surface area contributed by atoms with Crippen molar-refractivity contribution >= 4 is 28.4 Å². The van der Waals surface area contributed by atoms with Crippen molar-refractivity contribution in [2.45, 2.75) is 49.1 Å². The maximum atomic E-state index is 2.49. The Balaban J connectivity index is 3.44. The summed E-state index contributed by atoms with van der Waals surface area (Å²) < 4.78 is 3.15. The lowest BCUT2D eigenvalue weighted by Gasteiger charge is -2.20. The van der Waals surface area contributed by atoms with Gasteiger partial charge in [-0.1, -0.05) is 45.8 Å². The topological polar surface area (TPSA) is 0 Å². The molecule has 0 atom stereocenters. The zero-order valence-electron chi connectivity index (χ0n) is 9.12. The molecule has 0 nitrogen and oxygen atoms in total. The van der Waals surface area contributed by atoms with Gasteiger partial charge >= 0.3 is 20.4 Å². The standard InChI is InChI=1S/C5H11.C4H11Si.Mg/c2*1-5(2,3)4;/h2*1H2,2-4H3;. The molecule has 2 heteroatoms. The Morgan fingerprint density at radius 3 is 1.82 bits per heavy atom. The molecule has 0 N–H and O–H groups in total. The van der Waals surface area contributed by atoms with Gasteiger partial charge in [-0.2, -0.15) is 0 Å². The first-order valence-corrected chi connectivity index (χ1v) is 10.4. The minimum absolute atomic E-state index is 0.265. The average molecular weight is 183 g/mol. The van der Waals surface area contributed by atoms with E-state index in [-0.39, 0.29) is 20.4 Å². The van der Waals surface area contributed by atoms with Gasteiger partial charge in [0, 0.05) is 8.07 Å². The van der Waals surface area contributed by atoms with Gasteiger partial charge < -0.3 is 0 Å². The fourth-order valence-corrected chi connectivity index (χ4v) is 7.16. The number of hydrogen-bond donors (Lipinski definition) is 0. The van der Waals surface area contributed by atoms with Crippen molar-refractivity contribution in [2.24, 2.45) is 5.41 Å². The monoisotopic (exact) mass is 182 g/mol. The van der Waals surface area contributed by atoms with Crippen LogP contribution in [0.4, 0.5) is 0 Å². The van der Waals surface area contributed by atoms with Gasteiger partial charge in [0.25, 0.3) is 0 Å². The van der Waals surface area contributed by atoms with Crippen LogP contribution in [-0.2, 0) is 0 Å². The first-order valence-electron chi connectivity index (χ1n) is 4.71. The molecule has 0 rings (SSSR count). The zero-order valence-corrected chi connectivity index (χ0v) is 11.5. The molecule has 0 fully saturated rings. The van der Waals surface area contributed by atoms with Crippen LogP contribution in [0.3, 0.4) is 0 Å². The van der Waals surface area contributed by atoms with Crippen LogP contribution in [0.5, 0.6) is 0 Å². The van der Waals surface area contributed by atoms with Crippen LogP contribution in [0.2, 0.25) is 28.4 Å². The third kappa shape index (κ3) is 11.0. The highest BCUT2D eigenvalue weighted by Gasteiger charge is 2.17. The molecule has 0 aliphatic heterocycles. The SMILES string of the molecule is CC(C)(C)[CH2][Mg][CH2][Si](C)(C)C. The smallest absolute Gasteiger partial charge is 0.150 e. The van der Waals surface area contributed by atoms with E-state index in [4.69, 9.17) is 0 Å². The third-order valence-corrected chi connectivity index (χ3v) is 11.1. The molecule has 64 valence electrons. The van der Waals surface area contributed by atoms with E-state index >= 15 is 0 Å². The molecule has 11 heavy (non-hydrogen) atoms. The third-order valence-electron chi connectivity index (χ3n) is 1.85. The first kappa shape index (κ1) is 12.0. The summed E-state index contributed by atoms with van der Waals surface area (Å²) in [6.07, 6.45) is 0. The molecular weight excluding hydrogens is 160 g/mol. The molecule has 0 aromatic rings. The van der Waals surface area contributed by atoms with E-state index in [9.17, 15) is 0 Å². The van der Waals surface area contributed by atoms with Crippen molar-refractivity contribution < 1.29 is 0 Å². The van der Waals surface area contributed by atoms with E-state index in [2.05, 4.69) is 40.4 Å². The van der Waals surface area contributed by atoms with E-state index in [1.807, 2.05) is 0 Å². The molecule has 0 saturated heterocycles. The Kier molecular flexibility index (Phi) is 4.67. The van der Waals surface area contributed by atoms with Crippen LogP contribution in [0.25, 0.3) is 0 Å². The second kappa shape index (κ2) is 4.28.